The molecule has 25 heavy (non-hydrogen) atoms. The molecular weight excluding hydrogens is 458 g/mol. The van der Waals surface area contributed by atoms with Crippen LogP contribution in [0.2, 0.25) is 0 Å². The zero-order valence-corrected chi connectivity index (χ0v) is 17.6. The van der Waals surface area contributed by atoms with Crippen molar-refractivity contribution >= 4 is 37.6 Å². The van der Waals surface area contributed by atoms with Gasteiger partial charge in [0.25, 0.3) is 0 Å². The Bertz CT molecular complexity index is 823. The highest BCUT2D eigenvalue weighted by Gasteiger charge is 2.29. The van der Waals surface area contributed by atoms with Gasteiger partial charge >= 0.3 is 0 Å². The van der Waals surface area contributed by atoms with E-state index in [4.69, 9.17) is 18.9 Å². The van der Waals surface area contributed by atoms with E-state index in [2.05, 4.69) is 36.8 Å². The zero-order valence-electron chi connectivity index (χ0n) is 14.4. The summed E-state index contributed by atoms with van der Waals surface area (Å²) in [6, 6.07) is 1.72. The predicted molar refractivity (Wildman–Crippen MR) is 100 cm³/mol. The molecule has 0 spiro atoms. The summed E-state index contributed by atoms with van der Waals surface area (Å²) in [7, 11) is 5.94. The first-order valence-corrected chi connectivity index (χ1v) is 8.72. The van der Waals surface area contributed by atoms with Crippen LogP contribution in [0.25, 0.3) is 0 Å². The third-order valence-corrected chi connectivity index (χ3v) is 5.57. The number of carbonyl (C=O) groups is 1. The van der Waals surface area contributed by atoms with Gasteiger partial charge in [-0.15, -0.1) is 0 Å². The fraction of sp³-hybridized carbons (Fsp3) is 0.294. The smallest absolute Gasteiger partial charge is 0.225 e. The maximum absolute atomic E-state index is 13.3. The largest absolute Gasteiger partial charge is 0.493 e. The minimum atomic E-state index is -0.312. The molecule has 2 rings (SSSR count). The molecule has 1 heterocycles. The molecule has 0 fully saturated rings. The number of ether oxygens (including phenoxy) is 4. The number of halogens is 2. The molecule has 0 saturated carbocycles. The van der Waals surface area contributed by atoms with Crippen LogP contribution < -0.4 is 18.9 Å². The minimum absolute atomic E-state index is 0.205. The van der Waals surface area contributed by atoms with Crippen LogP contribution in [0, 0.1) is 6.92 Å². The van der Waals surface area contributed by atoms with E-state index in [1.807, 2.05) is 0 Å². The molecular formula is C17H17Br2NO5. The van der Waals surface area contributed by atoms with Crippen LogP contribution in [0.4, 0.5) is 0 Å². The Kier molecular flexibility index (Phi) is 6.29. The Morgan fingerprint density at radius 2 is 1.60 bits per heavy atom. The van der Waals surface area contributed by atoms with Gasteiger partial charge in [0.2, 0.25) is 17.4 Å². The first kappa shape index (κ1) is 19.5. The molecule has 134 valence electrons. The number of aryl methyl sites for hydroxylation is 1. The van der Waals surface area contributed by atoms with E-state index in [-0.39, 0.29) is 17.2 Å². The van der Waals surface area contributed by atoms with Gasteiger partial charge in [-0.1, -0.05) is 0 Å². The maximum Gasteiger partial charge on any atom is 0.225 e. The molecule has 0 aliphatic rings. The minimum Gasteiger partial charge on any atom is -0.493 e. The Balaban J connectivity index is 2.79. The van der Waals surface area contributed by atoms with Crippen LogP contribution >= 0.6 is 31.9 Å². The number of hydrogen-bond acceptors (Lipinski definition) is 6. The summed E-state index contributed by atoms with van der Waals surface area (Å²) in [5, 5.41) is 0. The number of pyridine rings is 1. The highest BCUT2D eigenvalue weighted by molar-refractivity contribution is 9.13. The summed E-state index contributed by atoms with van der Waals surface area (Å²) >= 11 is 6.78. The molecule has 0 aliphatic heterocycles. The van der Waals surface area contributed by atoms with Crippen molar-refractivity contribution in [2.75, 3.05) is 28.4 Å². The lowest BCUT2D eigenvalue weighted by Gasteiger charge is -2.18. The number of benzene rings is 1. The quantitative estimate of drug-likeness (QED) is 0.585. The third kappa shape index (κ3) is 3.46. The SMILES string of the molecule is COc1cc(C)c(C(=O)c2c(OC)ncc(Br)c2Br)c(OC)c1OC. The van der Waals surface area contributed by atoms with Gasteiger partial charge in [-0.05, 0) is 50.4 Å². The Morgan fingerprint density at radius 3 is 2.12 bits per heavy atom. The second kappa shape index (κ2) is 8.05. The number of methoxy groups -OCH3 is 4. The standard InChI is InChI=1S/C17H17Br2NO5/c1-8-6-10(22-2)15(23-3)16(24-4)11(8)14(21)12-13(19)9(18)7-20-17(12)25-5/h6-7H,1-5H3. The van der Waals surface area contributed by atoms with E-state index < -0.39 is 0 Å². The average molecular weight is 475 g/mol. The summed E-state index contributed by atoms with van der Waals surface area (Å²) in [6.07, 6.45) is 1.55. The molecule has 0 aliphatic carbocycles. The number of carbonyl (C=O) groups excluding carboxylic acids is 1. The van der Waals surface area contributed by atoms with Crippen molar-refractivity contribution in [2.45, 2.75) is 6.92 Å². The molecule has 2 aromatic rings. The lowest BCUT2D eigenvalue weighted by molar-refractivity contribution is 0.103. The Hall–Kier alpha value is -1.80. The second-order valence-corrected chi connectivity index (χ2v) is 6.62. The summed E-state index contributed by atoms with van der Waals surface area (Å²) in [5.74, 6) is 1.01. The molecule has 1 aromatic heterocycles. The first-order chi connectivity index (χ1) is 11.9. The molecule has 0 radical (unpaired) electrons. The molecule has 8 heteroatoms. The topological polar surface area (TPSA) is 66.9 Å². The summed E-state index contributed by atoms with van der Waals surface area (Å²) in [6.45, 7) is 1.80. The van der Waals surface area contributed by atoms with Crippen molar-refractivity contribution < 1.29 is 23.7 Å². The summed E-state index contributed by atoms with van der Waals surface area (Å²) < 4.78 is 22.6. The number of nitrogens with zero attached hydrogens (tertiary/aromatic N) is 1. The molecule has 0 amide bonds. The number of ketones is 1. The molecule has 0 unspecified atom stereocenters. The number of aromatic nitrogens is 1. The fourth-order valence-electron chi connectivity index (χ4n) is 2.49. The van der Waals surface area contributed by atoms with E-state index >= 15 is 0 Å². The van der Waals surface area contributed by atoms with Crippen LogP contribution in [0.5, 0.6) is 23.1 Å². The first-order valence-electron chi connectivity index (χ1n) is 7.13. The van der Waals surface area contributed by atoms with E-state index in [0.717, 1.165) is 0 Å². The predicted octanol–water partition coefficient (Wildman–Crippen LogP) is 4.18. The van der Waals surface area contributed by atoms with Crippen molar-refractivity contribution in [3.05, 3.63) is 37.9 Å². The average Bonchev–Trinajstić information content (AvgIpc) is 2.61. The maximum atomic E-state index is 13.3. The van der Waals surface area contributed by atoms with Gasteiger partial charge < -0.3 is 18.9 Å². The molecule has 0 N–H and O–H groups in total. The highest BCUT2D eigenvalue weighted by atomic mass is 79.9. The Morgan fingerprint density at radius 1 is 0.960 bits per heavy atom. The summed E-state index contributed by atoms with van der Waals surface area (Å²) in [5.41, 5.74) is 1.30. The molecule has 6 nitrogen and oxygen atoms in total. The third-order valence-electron chi connectivity index (χ3n) is 3.61. The number of hydrogen-bond donors (Lipinski definition) is 0. The van der Waals surface area contributed by atoms with Crippen LogP contribution in [0.3, 0.4) is 0 Å². The van der Waals surface area contributed by atoms with E-state index in [1.165, 1.54) is 28.4 Å². The van der Waals surface area contributed by atoms with Crippen molar-refractivity contribution in [1.29, 1.82) is 0 Å². The molecule has 0 saturated heterocycles. The molecule has 0 atom stereocenters. The van der Waals surface area contributed by atoms with Gasteiger partial charge in [0, 0.05) is 10.7 Å². The zero-order chi connectivity index (χ0) is 18.7. The van der Waals surface area contributed by atoms with Crippen LogP contribution in [-0.2, 0) is 0 Å². The van der Waals surface area contributed by atoms with Crippen molar-refractivity contribution in [1.82, 2.24) is 4.98 Å². The van der Waals surface area contributed by atoms with Gasteiger partial charge in [-0.3, -0.25) is 4.79 Å². The van der Waals surface area contributed by atoms with Crippen LogP contribution in [-0.4, -0.2) is 39.2 Å². The van der Waals surface area contributed by atoms with Gasteiger partial charge in [0.05, 0.1) is 38.5 Å². The van der Waals surface area contributed by atoms with E-state index in [1.54, 1.807) is 19.2 Å². The second-order valence-electron chi connectivity index (χ2n) is 4.97. The van der Waals surface area contributed by atoms with Crippen molar-refractivity contribution in [3.8, 4) is 23.1 Å². The lowest BCUT2D eigenvalue weighted by atomic mass is 9.97. The normalized spacial score (nSPS) is 10.4. The molecule has 1 aromatic carbocycles. The van der Waals surface area contributed by atoms with E-state index in [9.17, 15) is 4.79 Å². The van der Waals surface area contributed by atoms with Crippen LogP contribution in [0.15, 0.2) is 21.2 Å². The summed E-state index contributed by atoms with van der Waals surface area (Å²) in [4.78, 5) is 17.5. The number of rotatable bonds is 6. The van der Waals surface area contributed by atoms with Gasteiger partial charge in [0.15, 0.2) is 11.5 Å². The Labute approximate surface area is 162 Å². The monoisotopic (exact) mass is 473 g/mol. The lowest BCUT2D eigenvalue weighted by Crippen LogP contribution is -2.11. The highest BCUT2D eigenvalue weighted by Crippen LogP contribution is 2.44. The van der Waals surface area contributed by atoms with Gasteiger partial charge in [-0.25, -0.2) is 4.98 Å². The van der Waals surface area contributed by atoms with Crippen LogP contribution in [0.1, 0.15) is 21.5 Å². The van der Waals surface area contributed by atoms with Gasteiger partial charge in [0.1, 0.15) is 5.56 Å². The van der Waals surface area contributed by atoms with Crippen molar-refractivity contribution in [3.63, 3.8) is 0 Å². The van der Waals surface area contributed by atoms with E-state index in [0.29, 0.717) is 37.3 Å². The molecule has 0 bridgehead atoms. The van der Waals surface area contributed by atoms with Crippen molar-refractivity contribution in [2.24, 2.45) is 0 Å². The fourth-order valence-corrected chi connectivity index (χ4v) is 3.24. The van der Waals surface area contributed by atoms with Gasteiger partial charge in [-0.2, -0.15) is 0 Å².